The van der Waals surface area contributed by atoms with Crippen LogP contribution in [-0.2, 0) is 0 Å². The first kappa shape index (κ1) is 14.0. The van der Waals surface area contributed by atoms with Crippen molar-refractivity contribution >= 4 is 0 Å². The number of hydrogen-bond acceptors (Lipinski definition) is 2. The average molecular weight is 226 g/mol. The molecular weight excluding hydrogens is 196 g/mol. The van der Waals surface area contributed by atoms with Gasteiger partial charge in [0.1, 0.15) is 0 Å². The second kappa shape index (κ2) is 5.05. The second-order valence-corrected chi connectivity index (χ2v) is 6.66. The summed E-state index contributed by atoms with van der Waals surface area (Å²) in [5.41, 5.74) is 6.48. The van der Waals surface area contributed by atoms with Gasteiger partial charge < -0.3 is 11.1 Å². The molecule has 1 saturated carbocycles. The van der Waals surface area contributed by atoms with Gasteiger partial charge in [-0.05, 0) is 49.1 Å². The zero-order valence-corrected chi connectivity index (χ0v) is 11.8. The van der Waals surface area contributed by atoms with Gasteiger partial charge >= 0.3 is 0 Å². The summed E-state index contributed by atoms with van der Waals surface area (Å²) >= 11 is 0. The molecule has 1 atom stereocenters. The van der Waals surface area contributed by atoms with Crippen molar-refractivity contribution in [2.75, 3.05) is 13.1 Å². The minimum Gasteiger partial charge on any atom is -0.330 e. The molecule has 0 heterocycles. The van der Waals surface area contributed by atoms with Crippen LogP contribution in [0.15, 0.2) is 0 Å². The van der Waals surface area contributed by atoms with Crippen molar-refractivity contribution in [3.05, 3.63) is 0 Å². The molecule has 96 valence electrons. The monoisotopic (exact) mass is 226 g/mol. The lowest BCUT2D eigenvalue weighted by atomic mass is 10.0. The molecule has 16 heavy (non-hydrogen) atoms. The van der Waals surface area contributed by atoms with Crippen molar-refractivity contribution in [2.24, 2.45) is 22.5 Å². The van der Waals surface area contributed by atoms with Gasteiger partial charge in [-0.2, -0.15) is 0 Å². The quantitative estimate of drug-likeness (QED) is 0.655. The van der Waals surface area contributed by atoms with E-state index >= 15 is 0 Å². The highest BCUT2D eigenvalue weighted by molar-refractivity contribution is 5.17. The Morgan fingerprint density at radius 1 is 1.12 bits per heavy atom. The van der Waals surface area contributed by atoms with Crippen LogP contribution in [0.5, 0.6) is 0 Å². The Morgan fingerprint density at radius 3 is 2.12 bits per heavy atom. The molecule has 0 spiro atoms. The minimum atomic E-state index is 0.468. The summed E-state index contributed by atoms with van der Waals surface area (Å²) in [5.74, 6) is 0.784. The van der Waals surface area contributed by atoms with Gasteiger partial charge in [-0.25, -0.2) is 0 Å². The zero-order chi connectivity index (χ0) is 12.4. The van der Waals surface area contributed by atoms with Gasteiger partial charge in [-0.15, -0.1) is 0 Å². The van der Waals surface area contributed by atoms with Gasteiger partial charge in [0.05, 0.1) is 0 Å². The van der Waals surface area contributed by atoms with Crippen molar-refractivity contribution in [2.45, 2.75) is 59.9 Å². The Labute approximate surface area is 101 Å². The lowest BCUT2D eigenvalue weighted by Gasteiger charge is -2.10. The molecule has 3 N–H and O–H groups in total. The summed E-state index contributed by atoms with van der Waals surface area (Å²) in [6, 6.07) is 0.699. The van der Waals surface area contributed by atoms with Crippen LogP contribution in [0.25, 0.3) is 0 Å². The minimum absolute atomic E-state index is 0.468. The third-order valence-corrected chi connectivity index (χ3v) is 4.90. The van der Waals surface area contributed by atoms with E-state index in [9.17, 15) is 0 Å². The van der Waals surface area contributed by atoms with E-state index in [1.165, 1.54) is 19.3 Å². The Balaban J connectivity index is 2.10. The topological polar surface area (TPSA) is 38.0 Å². The molecule has 1 fully saturated rings. The zero-order valence-electron chi connectivity index (χ0n) is 11.8. The molecule has 2 heteroatoms. The SMILES string of the molecule is CC(CCN)CCCNC1C(C)(C)C1(C)C. The van der Waals surface area contributed by atoms with Gasteiger partial charge in [-0.1, -0.05) is 34.6 Å². The molecule has 0 aromatic rings. The summed E-state index contributed by atoms with van der Waals surface area (Å²) in [5, 5.41) is 3.70. The van der Waals surface area contributed by atoms with Gasteiger partial charge in [-0.3, -0.25) is 0 Å². The highest BCUT2D eigenvalue weighted by Gasteiger charge is 2.64. The molecule has 1 aliphatic carbocycles. The summed E-state index contributed by atoms with van der Waals surface area (Å²) < 4.78 is 0. The Morgan fingerprint density at radius 2 is 1.69 bits per heavy atom. The summed E-state index contributed by atoms with van der Waals surface area (Å²) in [6.45, 7) is 13.7. The number of rotatable bonds is 7. The van der Waals surface area contributed by atoms with Gasteiger partial charge in [0.25, 0.3) is 0 Å². The van der Waals surface area contributed by atoms with Crippen LogP contribution in [0.4, 0.5) is 0 Å². The first-order valence-corrected chi connectivity index (χ1v) is 6.77. The molecule has 0 aliphatic heterocycles. The lowest BCUT2D eigenvalue weighted by molar-refractivity contribution is 0.457. The third kappa shape index (κ3) is 2.78. The fraction of sp³-hybridized carbons (Fsp3) is 1.00. The second-order valence-electron chi connectivity index (χ2n) is 6.66. The lowest BCUT2D eigenvalue weighted by Crippen LogP contribution is -2.23. The van der Waals surface area contributed by atoms with Gasteiger partial charge in [0.15, 0.2) is 0 Å². The van der Waals surface area contributed by atoms with E-state index in [0.717, 1.165) is 19.0 Å². The molecule has 0 radical (unpaired) electrons. The van der Waals surface area contributed by atoms with Crippen LogP contribution in [0, 0.1) is 16.7 Å². The molecule has 0 saturated heterocycles. The molecule has 0 bridgehead atoms. The summed E-state index contributed by atoms with van der Waals surface area (Å²) in [4.78, 5) is 0. The smallest absolute Gasteiger partial charge is 0.0181 e. The predicted molar refractivity (Wildman–Crippen MR) is 71.4 cm³/mol. The van der Waals surface area contributed by atoms with Crippen LogP contribution in [0.2, 0.25) is 0 Å². The van der Waals surface area contributed by atoms with Crippen molar-refractivity contribution in [1.29, 1.82) is 0 Å². The van der Waals surface area contributed by atoms with Crippen molar-refractivity contribution in [3.8, 4) is 0 Å². The Hall–Kier alpha value is -0.0800. The first-order valence-electron chi connectivity index (χ1n) is 6.77. The average Bonchev–Trinajstić information content (AvgIpc) is 2.54. The first-order chi connectivity index (χ1) is 7.34. The van der Waals surface area contributed by atoms with E-state index in [0.29, 0.717) is 16.9 Å². The van der Waals surface area contributed by atoms with Crippen LogP contribution in [0.3, 0.4) is 0 Å². The number of nitrogens with one attached hydrogen (secondary N) is 1. The maximum absolute atomic E-state index is 5.55. The fourth-order valence-corrected chi connectivity index (χ4v) is 2.83. The highest BCUT2D eigenvalue weighted by Crippen LogP contribution is 2.62. The number of hydrogen-bond donors (Lipinski definition) is 2. The van der Waals surface area contributed by atoms with Crippen LogP contribution < -0.4 is 11.1 Å². The Bertz CT molecular complexity index is 207. The normalized spacial score (nSPS) is 24.4. The largest absolute Gasteiger partial charge is 0.330 e. The van der Waals surface area contributed by atoms with Gasteiger partial charge in [0.2, 0.25) is 0 Å². The molecule has 1 unspecified atom stereocenters. The van der Waals surface area contributed by atoms with E-state index in [4.69, 9.17) is 5.73 Å². The Kier molecular flexibility index (Phi) is 4.42. The van der Waals surface area contributed by atoms with Crippen molar-refractivity contribution in [1.82, 2.24) is 5.32 Å². The summed E-state index contributed by atoms with van der Waals surface area (Å²) in [7, 11) is 0. The highest BCUT2D eigenvalue weighted by atomic mass is 15.0. The van der Waals surface area contributed by atoms with Gasteiger partial charge in [0, 0.05) is 6.04 Å². The van der Waals surface area contributed by atoms with Crippen LogP contribution in [-0.4, -0.2) is 19.1 Å². The molecule has 0 aromatic heterocycles. The predicted octanol–water partition coefficient (Wildman–Crippen LogP) is 2.78. The maximum atomic E-state index is 5.55. The molecule has 2 nitrogen and oxygen atoms in total. The van der Waals surface area contributed by atoms with E-state index in [1.54, 1.807) is 0 Å². The van der Waals surface area contributed by atoms with E-state index in [1.807, 2.05) is 0 Å². The molecular formula is C14H30N2. The van der Waals surface area contributed by atoms with Crippen LogP contribution in [0.1, 0.15) is 53.9 Å². The van der Waals surface area contributed by atoms with E-state index < -0.39 is 0 Å². The van der Waals surface area contributed by atoms with E-state index in [2.05, 4.69) is 39.9 Å². The number of nitrogens with two attached hydrogens (primary N) is 1. The molecule has 0 aromatic carbocycles. The van der Waals surface area contributed by atoms with E-state index in [-0.39, 0.29) is 0 Å². The maximum Gasteiger partial charge on any atom is 0.0181 e. The standard InChI is InChI=1S/C14H30N2/c1-11(8-9-15)7-6-10-16-12-13(2,3)14(12,4)5/h11-12,16H,6-10,15H2,1-5H3. The van der Waals surface area contributed by atoms with Crippen molar-refractivity contribution in [3.63, 3.8) is 0 Å². The van der Waals surface area contributed by atoms with Crippen molar-refractivity contribution < 1.29 is 0 Å². The van der Waals surface area contributed by atoms with Crippen LogP contribution >= 0.6 is 0 Å². The fourth-order valence-electron chi connectivity index (χ4n) is 2.83. The third-order valence-electron chi connectivity index (χ3n) is 4.90. The molecule has 1 aliphatic rings. The summed E-state index contributed by atoms with van der Waals surface area (Å²) in [6.07, 6.45) is 3.75. The molecule has 0 amide bonds. The molecule has 1 rings (SSSR count).